The lowest BCUT2D eigenvalue weighted by molar-refractivity contribution is 0.101. The number of thiophene rings is 1. The third kappa shape index (κ3) is 7.32. The van der Waals surface area contributed by atoms with Crippen molar-refractivity contribution in [2.45, 2.75) is 0 Å². The highest BCUT2D eigenvalue weighted by atomic mass is 32.1. The van der Waals surface area contributed by atoms with Crippen LogP contribution in [0.15, 0.2) is 127 Å². The van der Waals surface area contributed by atoms with Gasteiger partial charge in [-0.1, -0.05) is 60.7 Å². The number of rotatable bonds is 9. The topological polar surface area (TPSA) is 104 Å². The molecule has 0 radical (unpaired) electrons. The highest BCUT2D eigenvalue weighted by molar-refractivity contribution is 7.12. The van der Waals surface area contributed by atoms with E-state index in [9.17, 15) is 19.2 Å². The van der Waals surface area contributed by atoms with Crippen molar-refractivity contribution in [1.29, 1.82) is 0 Å². The second-order valence-corrected chi connectivity index (χ2v) is 10.1. The molecule has 1 heterocycles. The van der Waals surface area contributed by atoms with Gasteiger partial charge in [0.05, 0.1) is 4.88 Å². The fraction of sp³-hybridized carbons (Fsp3) is 0. The third-order valence-electron chi connectivity index (χ3n) is 6.14. The molecule has 0 atom stereocenters. The molecule has 0 unspecified atom stereocenters. The van der Waals surface area contributed by atoms with Crippen molar-refractivity contribution in [3.63, 3.8) is 0 Å². The summed E-state index contributed by atoms with van der Waals surface area (Å²) in [6.45, 7) is 0. The predicted octanol–water partition coefficient (Wildman–Crippen LogP) is 7.40. The molecule has 5 rings (SSSR count). The van der Waals surface area contributed by atoms with E-state index in [1.807, 2.05) is 23.6 Å². The van der Waals surface area contributed by atoms with Gasteiger partial charge in [-0.2, -0.15) is 0 Å². The number of hydrogen-bond acceptors (Lipinski definition) is 5. The van der Waals surface area contributed by atoms with Crippen molar-refractivity contribution in [2.75, 3.05) is 16.0 Å². The molecule has 8 heteroatoms. The summed E-state index contributed by atoms with van der Waals surface area (Å²) in [6.07, 6.45) is 3.23. The van der Waals surface area contributed by atoms with E-state index in [-0.39, 0.29) is 23.2 Å². The summed E-state index contributed by atoms with van der Waals surface area (Å²) in [5.74, 6) is -1.21. The first-order chi connectivity index (χ1) is 20.4. The number of hydrogen-bond donors (Lipinski definition) is 3. The Hall–Kier alpha value is -5.60. The van der Waals surface area contributed by atoms with E-state index in [1.54, 1.807) is 103 Å². The van der Waals surface area contributed by atoms with Crippen LogP contribution in [-0.4, -0.2) is 23.5 Å². The number of allylic oxidation sites excluding steroid dienone is 1. The highest BCUT2D eigenvalue weighted by Crippen LogP contribution is 2.23. The SMILES string of the molecule is O=C(Nc1cc(NC(=O)c2ccccc2)cc(C(=O)Nc2ccc(/C=C/C(=O)c3cccs3)cc2)c1)c1ccccc1. The van der Waals surface area contributed by atoms with Crippen molar-refractivity contribution in [3.8, 4) is 0 Å². The van der Waals surface area contributed by atoms with Crippen LogP contribution in [0.1, 0.15) is 46.3 Å². The van der Waals surface area contributed by atoms with Gasteiger partial charge in [-0.05, 0) is 77.7 Å². The van der Waals surface area contributed by atoms with E-state index in [0.29, 0.717) is 33.1 Å². The summed E-state index contributed by atoms with van der Waals surface area (Å²) in [4.78, 5) is 51.8. The zero-order valence-electron chi connectivity index (χ0n) is 22.2. The normalized spacial score (nSPS) is 10.7. The van der Waals surface area contributed by atoms with Gasteiger partial charge in [0.1, 0.15) is 0 Å². The Morgan fingerprint density at radius 3 is 1.57 bits per heavy atom. The smallest absolute Gasteiger partial charge is 0.255 e. The molecule has 0 saturated heterocycles. The Morgan fingerprint density at radius 2 is 1.05 bits per heavy atom. The van der Waals surface area contributed by atoms with Crippen LogP contribution in [0.2, 0.25) is 0 Å². The van der Waals surface area contributed by atoms with Crippen molar-refractivity contribution >= 4 is 58.0 Å². The molecule has 0 saturated carbocycles. The highest BCUT2D eigenvalue weighted by Gasteiger charge is 2.14. The summed E-state index contributed by atoms with van der Waals surface area (Å²) < 4.78 is 0. The number of ketones is 1. The van der Waals surface area contributed by atoms with E-state index < -0.39 is 5.91 Å². The lowest BCUT2D eigenvalue weighted by Gasteiger charge is -2.13. The molecule has 0 spiro atoms. The zero-order valence-corrected chi connectivity index (χ0v) is 23.1. The van der Waals surface area contributed by atoms with Crippen LogP contribution < -0.4 is 16.0 Å². The van der Waals surface area contributed by atoms with Crippen LogP contribution in [0.3, 0.4) is 0 Å². The Labute approximate surface area is 246 Å². The lowest BCUT2D eigenvalue weighted by atomic mass is 10.1. The van der Waals surface area contributed by atoms with Gasteiger partial charge in [0.15, 0.2) is 5.78 Å². The van der Waals surface area contributed by atoms with Crippen LogP contribution in [0.25, 0.3) is 6.08 Å². The fourth-order valence-electron chi connectivity index (χ4n) is 4.04. The van der Waals surface area contributed by atoms with Crippen molar-refractivity contribution in [1.82, 2.24) is 0 Å². The van der Waals surface area contributed by atoms with Gasteiger partial charge in [-0.15, -0.1) is 11.3 Å². The summed E-state index contributed by atoms with van der Waals surface area (Å²) in [5.41, 5.74) is 3.16. The largest absolute Gasteiger partial charge is 0.322 e. The van der Waals surface area contributed by atoms with Crippen LogP contribution in [0.4, 0.5) is 17.1 Å². The van der Waals surface area contributed by atoms with E-state index in [4.69, 9.17) is 0 Å². The molecular weight excluding hydrogens is 546 g/mol. The standard InChI is InChI=1S/C34H25N3O4S/c38-30(31-12-7-19-42-31)18-15-23-13-16-27(17-14-23)35-34(41)26-20-28(36-32(39)24-8-3-1-4-9-24)22-29(21-26)37-33(40)25-10-5-2-6-11-25/h1-22H,(H,35,41)(H,36,39)(H,37,40)/b18-15+. The number of anilines is 3. The lowest BCUT2D eigenvalue weighted by Crippen LogP contribution is -2.17. The minimum atomic E-state index is -0.433. The Balaban J connectivity index is 1.33. The molecule has 7 nitrogen and oxygen atoms in total. The monoisotopic (exact) mass is 571 g/mol. The third-order valence-corrected chi connectivity index (χ3v) is 7.03. The van der Waals surface area contributed by atoms with Gasteiger partial charge < -0.3 is 16.0 Å². The molecule has 0 bridgehead atoms. The first-order valence-corrected chi connectivity index (χ1v) is 13.9. The molecule has 3 amide bonds. The maximum absolute atomic E-state index is 13.3. The number of benzene rings is 4. The fourth-order valence-corrected chi connectivity index (χ4v) is 4.69. The van der Waals surface area contributed by atoms with Gasteiger partial charge in [0, 0.05) is 33.8 Å². The van der Waals surface area contributed by atoms with Crippen LogP contribution in [0, 0.1) is 0 Å². The molecule has 206 valence electrons. The van der Waals surface area contributed by atoms with E-state index in [0.717, 1.165) is 5.56 Å². The van der Waals surface area contributed by atoms with Gasteiger partial charge in [-0.25, -0.2) is 0 Å². The molecule has 4 aromatic carbocycles. The average molecular weight is 572 g/mol. The number of nitrogens with one attached hydrogen (secondary N) is 3. The summed E-state index contributed by atoms with van der Waals surface area (Å²) in [6, 6.07) is 32.7. The molecule has 5 aromatic rings. The molecule has 0 aliphatic carbocycles. The summed E-state index contributed by atoms with van der Waals surface area (Å²) in [7, 11) is 0. The second-order valence-electron chi connectivity index (χ2n) is 9.19. The molecule has 1 aromatic heterocycles. The predicted molar refractivity (Wildman–Crippen MR) is 167 cm³/mol. The van der Waals surface area contributed by atoms with Crippen molar-refractivity contribution in [2.24, 2.45) is 0 Å². The van der Waals surface area contributed by atoms with Crippen LogP contribution in [-0.2, 0) is 0 Å². The average Bonchev–Trinajstić information content (AvgIpc) is 3.57. The first kappa shape index (κ1) is 27.9. The number of carbonyl (C=O) groups is 4. The quantitative estimate of drug-likeness (QED) is 0.127. The Morgan fingerprint density at radius 1 is 0.524 bits per heavy atom. The number of carbonyl (C=O) groups excluding carboxylic acids is 4. The molecule has 0 fully saturated rings. The Kier molecular flexibility index (Phi) is 8.76. The molecule has 42 heavy (non-hydrogen) atoms. The minimum absolute atomic E-state index is 0.0724. The Bertz CT molecular complexity index is 1680. The molecular formula is C34H25N3O4S. The van der Waals surface area contributed by atoms with Gasteiger partial charge >= 0.3 is 0 Å². The summed E-state index contributed by atoms with van der Waals surface area (Å²) >= 11 is 1.38. The van der Waals surface area contributed by atoms with E-state index in [2.05, 4.69) is 16.0 Å². The molecule has 0 aliphatic heterocycles. The van der Waals surface area contributed by atoms with Crippen molar-refractivity contribution < 1.29 is 19.2 Å². The summed E-state index contributed by atoms with van der Waals surface area (Å²) in [5, 5.41) is 10.3. The van der Waals surface area contributed by atoms with Crippen LogP contribution in [0.5, 0.6) is 0 Å². The van der Waals surface area contributed by atoms with Gasteiger partial charge in [-0.3, -0.25) is 19.2 Å². The van der Waals surface area contributed by atoms with E-state index in [1.165, 1.54) is 17.4 Å². The minimum Gasteiger partial charge on any atom is -0.322 e. The first-order valence-electron chi connectivity index (χ1n) is 13.0. The second kappa shape index (κ2) is 13.2. The maximum Gasteiger partial charge on any atom is 0.255 e. The van der Waals surface area contributed by atoms with Crippen molar-refractivity contribution in [3.05, 3.63) is 154 Å². The molecule has 3 N–H and O–H groups in total. The molecule has 0 aliphatic rings. The maximum atomic E-state index is 13.3. The van der Waals surface area contributed by atoms with E-state index >= 15 is 0 Å². The zero-order chi connectivity index (χ0) is 29.3. The van der Waals surface area contributed by atoms with Crippen LogP contribution >= 0.6 is 11.3 Å². The number of amides is 3. The van der Waals surface area contributed by atoms with Gasteiger partial charge in [0.25, 0.3) is 17.7 Å². The van der Waals surface area contributed by atoms with Gasteiger partial charge in [0.2, 0.25) is 0 Å².